The number of likely N-dealkylation sites (tertiary alicyclic amines) is 2. The molecule has 0 spiro atoms. The van der Waals surface area contributed by atoms with Crippen LogP contribution in [0.2, 0.25) is 0 Å². The molecule has 2 aliphatic heterocycles. The molecular formula is C55H96N14O15. The monoisotopic (exact) mass is 1190 g/mol. The van der Waals surface area contributed by atoms with Crippen molar-refractivity contribution in [3.8, 4) is 0 Å². The summed E-state index contributed by atoms with van der Waals surface area (Å²) in [7, 11) is 0. The number of aliphatic hydroxyl groups excluding tert-OH is 1. The summed E-state index contributed by atoms with van der Waals surface area (Å²) in [5.74, 6) is -11.2. The minimum absolute atomic E-state index is 0.00152. The van der Waals surface area contributed by atoms with Crippen LogP contribution in [0.3, 0.4) is 0 Å². The lowest BCUT2D eigenvalue weighted by atomic mass is 10.00. The molecule has 11 atom stereocenters. The number of nitrogens with two attached hydrogens (primary N) is 3. The Morgan fingerprint density at radius 2 is 0.976 bits per heavy atom. The fourth-order valence-electron chi connectivity index (χ4n) is 9.89. The van der Waals surface area contributed by atoms with E-state index in [4.69, 9.17) is 17.2 Å². The highest BCUT2D eigenvalue weighted by Crippen LogP contribution is 2.27. The van der Waals surface area contributed by atoms with Crippen molar-refractivity contribution in [2.45, 2.75) is 219 Å². The number of carbonyl (C=O) groups is 12. The molecule has 0 aromatic rings. The molecule has 29 heteroatoms. The summed E-state index contributed by atoms with van der Waals surface area (Å²) in [6.45, 7) is 17.3. The normalized spacial score (nSPS) is 18.2. The van der Waals surface area contributed by atoms with Crippen LogP contribution in [-0.2, 0) is 57.5 Å². The van der Waals surface area contributed by atoms with E-state index in [1.165, 1.54) is 23.6 Å². The maximum atomic E-state index is 14.5. The van der Waals surface area contributed by atoms with Crippen LogP contribution < -0.4 is 59.7 Å². The number of guanidine groups is 1. The predicted molar refractivity (Wildman–Crippen MR) is 308 cm³/mol. The Labute approximate surface area is 492 Å². The maximum absolute atomic E-state index is 14.5. The second kappa shape index (κ2) is 35.9. The zero-order valence-electron chi connectivity index (χ0n) is 50.5. The molecule has 2 aliphatic rings. The summed E-state index contributed by atoms with van der Waals surface area (Å²) < 4.78 is 0. The maximum Gasteiger partial charge on any atom is 0.326 e. The van der Waals surface area contributed by atoms with E-state index in [9.17, 15) is 72.9 Å². The van der Waals surface area contributed by atoms with Crippen LogP contribution in [0.4, 0.5) is 0 Å². The fourth-order valence-corrected chi connectivity index (χ4v) is 9.89. The number of nitrogens with one attached hydrogen (secondary N) is 8. The SMILES string of the molecule is CC(C)C[C@H](NC(=O)[C@@H](NC(=O)[C@H](CC(C)C)NC(=O)[C@H](CCCN=C(N)N)NC(=O)[C@H](CCC(=O)O)NC(=O)[C@H](CC(C)C)NC(=O)[C@@H]1CCCN1C(=O)[C@@H]1CCCN1C(=O)[C@H](CC(C)C)NC(=O)[C@H](C)NC(=O)CCN)[C@@H](C)O)C(=O)O. The molecule has 0 radical (unpaired) electrons. The van der Waals surface area contributed by atoms with Gasteiger partial charge in [0.2, 0.25) is 59.1 Å². The lowest BCUT2D eigenvalue weighted by molar-refractivity contribution is -0.148. The van der Waals surface area contributed by atoms with Crippen molar-refractivity contribution >= 4 is 77.0 Å². The highest BCUT2D eigenvalue weighted by Gasteiger charge is 2.45. The molecule has 0 bridgehead atoms. The largest absolute Gasteiger partial charge is 0.481 e. The molecule has 0 aromatic carbocycles. The smallest absolute Gasteiger partial charge is 0.326 e. The molecule has 0 unspecified atom stereocenters. The van der Waals surface area contributed by atoms with E-state index in [2.05, 4.69) is 47.5 Å². The number of carbonyl (C=O) groups excluding carboxylic acids is 10. The number of aliphatic carboxylic acids is 2. The molecule has 10 amide bonds. The molecule has 0 saturated carbocycles. The third-order valence-electron chi connectivity index (χ3n) is 14.0. The predicted octanol–water partition coefficient (Wildman–Crippen LogP) is -2.22. The van der Waals surface area contributed by atoms with Crippen LogP contribution >= 0.6 is 0 Å². The molecule has 17 N–H and O–H groups in total. The summed E-state index contributed by atoms with van der Waals surface area (Å²) in [5.41, 5.74) is 16.5. The lowest BCUT2D eigenvalue weighted by Gasteiger charge is -2.34. The van der Waals surface area contributed by atoms with E-state index in [1.807, 2.05) is 13.8 Å². The third-order valence-corrected chi connectivity index (χ3v) is 14.0. The molecule has 2 fully saturated rings. The molecule has 2 heterocycles. The summed E-state index contributed by atoms with van der Waals surface area (Å²) in [4.78, 5) is 169. The van der Waals surface area contributed by atoms with Gasteiger partial charge in [-0.15, -0.1) is 0 Å². The Kier molecular flexibility index (Phi) is 31.1. The second-order valence-corrected chi connectivity index (χ2v) is 23.5. The first-order valence-electron chi connectivity index (χ1n) is 29.2. The Hall–Kier alpha value is -7.17. The number of carboxylic acids is 2. The van der Waals surface area contributed by atoms with Gasteiger partial charge in [0.05, 0.1) is 6.10 Å². The number of carboxylic acid groups (broad SMARTS) is 2. The van der Waals surface area contributed by atoms with Gasteiger partial charge in [-0.05, 0) is 108 Å². The van der Waals surface area contributed by atoms with Gasteiger partial charge in [-0.25, -0.2) is 4.79 Å². The summed E-state index contributed by atoms with van der Waals surface area (Å²) in [6.07, 6.45) is -1.18. The number of aliphatic imine (C=N–C) groups is 1. The Balaban J connectivity index is 2.42. The van der Waals surface area contributed by atoms with Crippen molar-refractivity contribution in [2.24, 2.45) is 45.9 Å². The first-order chi connectivity index (χ1) is 39.3. The standard InChI is InChI=1S/C55H96N14O15/c1-28(2)24-36(64-50(79)40-15-12-22-68(40)53(82)41-16-13-23-69(41)52(81)38(26-30(5)6)65-45(74)32(9)60-42(71)19-20-56)48(77)62-35(17-18-43(72)73)47(76)61-34(14-11-21-59-55(57)58)46(75)63-37(25-29(3)4)49(78)67-44(33(10)70)51(80)66-39(54(83)84)27-31(7)8/h28-41,44,70H,11-27,56H2,1-10H3,(H,60,71)(H,61,76)(H,62,77)(H,63,75)(H,64,79)(H,65,74)(H,66,80)(H,67,78)(H,72,73)(H,83,84)(H4,57,58,59)/t32-,33+,34-,35-,36-,37-,38-,39-,40-,41-,44-/m0/s1. The number of nitrogens with zero attached hydrogens (tertiary/aromatic N) is 3. The molecule has 2 saturated heterocycles. The zero-order valence-corrected chi connectivity index (χ0v) is 50.5. The van der Waals surface area contributed by atoms with Gasteiger partial charge >= 0.3 is 11.9 Å². The van der Waals surface area contributed by atoms with Crippen LogP contribution in [0, 0.1) is 23.7 Å². The zero-order chi connectivity index (χ0) is 63.7. The van der Waals surface area contributed by atoms with Crippen LogP contribution in [0.5, 0.6) is 0 Å². The van der Waals surface area contributed by atoms with E-state index in [0.29, 0.717) is 12.8 Å². The van der Waals surface area contributed by atoms with E-state index >= 15 is 0 Å². The quantitative estimate of drug-likeness (QED) is 0.0180. The second-order valence-electron chi connectivity index (χ2n) is 23.5. The van der Waals surface area contributed by atoms with Crippen molar-refractivity contribution in [3.05, 3.63) is 0 Å². The lowest BCUT2D eigenvalue weighted by Crippen LogP contribution is -2.61. The van der Waals surface area contributed by atoms with Crippen molar-refractivity contribution in [3.63, 3.8) is 0 Å². The minimum Gasteiger partial charge on any atom is -0.481 e. The van der Waals surface area contributed by atoms with Crippen molar-refractivity contribution < 1.29 is 72.9 Å². The highest BCUT2D eigenvalue weighted by molar-refractivity contribution is 5.99. The number of rotatable bonds is 36. The van der Waals surface area contributed by atoms with E-state index in [0.717, 1.165) is 0 Å². The van der Waals surface area contributed by atoms with Gasteiger partial charge < -0.3 is 84.9 Å². The summed E-state index contributed by atoms with van der Waals surface area (Å²) >= 11 is 0. The Bertz CT molecular complexity index is 2310. The molecule has 476 valence electrons. The molecule has 0 aliphatic carbocycles. The van der Waals surface area contributed by atoms with Gasteiger partial charge in [0.25, 0.3) is 0 Å². The Morgan fingerprint density at radius 1 is 0.524 bits per heavy atom. The number of aliphatic hydroxyl groups is 1. The third kappa shape index (κ3) is 25.0. The molecular weight excluding hydrogens is 1100 g/mol. The van der Waals surface area contributed by atoms with E-state index in [-0.39, 0.29) is 114 Å². The van der Waals surface area contributed by atoms with Gasteiger partial charge in [0.1, 0.15) is 60.4 Å². The van der Waals surface area contributed by atoms with Crippen LogP contribution in [0.15, 0.2) is 4.99 Å². The molecule has 2 rings (SSSR count). The average molecular weight is 1190 g/mol. The fraction of sp³-hybridized carbons (Fsp3) is 0.764. The summed E-state index contributed by atoms with van der Waals surface area (Å²) in [6, 6.07) is -12.9. The Morgan fingerprint density at radius 3 is 1.49 bits per heavy atom. The average Bonchev–Trinajstić information content (AvgIpc) is 4.11. The van der Waals surface area contributed by atoms with Gasteiger partial charge in [0.15, 0.2) is 5.96 Å². The molecule has 0 aromatic heterocycles. The van der Waals surface area contributed by atoms with Gasteiger partial charge in [-0.1, -0.05) is 55.4 Å². The van der Waals surface area contributed by atoms with E-state index < -0.39 is 150 Å². The highest BCUT2D eigenvalue weighted by atomic mass is 16.4. The number of hydrogen-bond acceptors (Lipinski definition) is 15. The minimum atomic E-state index is -1.66. The molecule has 29 nitrogen and oxygen atoms in total. The van der Waals surface area contributed by atoms with Crippen LogP contribution in [-0.4, -0.2) is 195 Å². The van der Waals surface area contributed by atoms with Gasteiger partial charge in [0, 0.05) is 39.0 Å². The van der Waals surface area contributed by atoms with Gasteiger partial charge in [-0.3, -0.25) is 57.7 Å². The number of hydrogen-bond donors (Lipinski definition) is 14. The van der Waals surface area contributed by atoms with Gasteiger partial charge in [-0.2, -0.15) is 0 Å². The van der Waals surface area contributed by atoms with Crippen LogP contribution in [0.25, 0.3) is 0 Å². The van der Waals surface area contributed by atoms with Crippen LogP contribution in [0.1, 0.15) is 153 Å². The first-order valence-corrected chi connectivity index (χ1v) is 29.2. The van der Waals surface area contributed by atoms with Crippen molar-refractivity contribution in [2.75, 3.05) is 26.2 Å². The first kappa shape index (κ1) is 72.9. The summed E-state index contributed by atoms with van der Waals surface area (Å²) in [5, 5.41) is 50.5. The van der Waals surface area contributed by atoms with Crippen molar-refractivity contribution in [1.29, 1.82) is 0 Å². The molecule has 84 heavy (non-hydrogen) atoms. The number of amides is 10. The topological polar surface area (TPSA) is 459 Å². The van der Waals surface area contributed by atoms with E-state index in [1.54, 1.807) is 41.5 Å². The van der Waals surface area contributed by atoms with Crippen molar-refractivity contribution in [1.82, 2.24) is 52.3 Å².